The number of carbonyl (C=O) groups excluding carboxylic acids is 1. The van der Waals surface area contributed by atoms with Gasteiger partial charge in [0.25, 0.3) is 0 Å². The molecule has 1 heterocycles. The van der Waals surface area contributed by atoms with Gasteiger partial charge in [-0.2, -0.15) is 0 Å². The predicted molar refractivity (Wildman–Crippen MR) is 123 cm³/mol. The van der Waals surface area contributed by atoms with E-state index in [9.17, 15) is 9.90 Å². The first-order valence-electron chi connectivity index (χ1n) is 11.5. The van der Waals surface area contributed by atoms with Gasteiger partial charge in [0, 0.05) is 24.4 Å². The van der Waals surface area contributed by atoms with E-state index < -0.39 is 0 Å². The maximum absolute atomic E-state index is 11.9. The quantitative estimate of drug-likeness (QED) is 0.522. The van der Waals surface area contributed by atoms with Crippen LogP contribution in [-0.4, -0.2) is 30.3 Å². The lowest BCUT2D eigenvalue weighted by Gasteiger charge is -2.60. The highest BCUT2D eigenvalue weighted by Crippen LogP contribution is 2.61. The van der Waals surface area contributed by atoms with E-state index in [0.29, 0.717) is 18.1 Å². The van der Waals surface area contributed by atoms with Crippen LogP contribution in [0.1, 0.15) is 45.1 Å². The Morgan fingerprint density at radius 2 is 2.03 bits per heavy atom. The van der Waals surface area contributed by atoms with Gasteiger partial charge in [-0.05, 0) is 48.7 Å². The van der Waals surface area contributed by atoms with Gasteiger partial charge in [-0.1, -0.05) is 68.5 Å². The summed E-state index contributed by atoms with van der Waals surface area (Å²) in [6.45, 7) is 11.0. The van der Waals surface area contributed by atoms with Crippen molar-refractivity contribution < 1.29 is 14.6 Å². The lowest BCUT2D eigenvalue weighted by molar-refractivity contribution is -0.135. The van der Waals surface area contributed by atoms with Crippen molar-refractivity contribution in [3.05, 3.63) is 71.8 Å². The van der Waals surface area contributed by atoms with Crippen LogP contribution >= 0.6 is 0 Å². The Labute approximate surface area is 186 Å². The monoisotopic (exact) mass is 421 g/mol. The number of rotatable bonds is 6. The van der Waals surface area contributed by atoms with Crippen molar-refractivity contribution in [2.45, 2.75) is 52.2 Å². The van der Waals surface area contributed by atoms with Gasteiger partial charge in [-0.25, -0.2) is 4.79 Å². The Balaban J connectivity index is 1.54. The Bertz CT molecular complexity index is 889. The molecule has 4 nitrogen and oxygen atoms in total. The standard InChI is InChI=1S/C27H35NO3/c1-19-9-12-23-26(2,22(19)11-10-21-14-16-31-25(21)30)15-13-24(29)27(23,3)18-28-17-20-7-5-4-6-8-20/h4-8,10-11,14,22-24,28-29H,1,9,12-13,15-18H2,2-3H3/b11-10+/t22-,23+,24-,26+,27+/m1/s1. The maximum Gasteiger partial charge on any atom is 0.338 e. The fourth-order valence-electron chi connectivity index (χ4n) is 6.30. The van der Waals surface area contributed by atoms with E-state index in [0.717, 1.165) is 38.8 Å². The molecule has 4 heteroatoms. The van der Waals surface area contributed by atoms with Crippen molar-refractivity contribution in [3.63, 3.8) is 0 Å². The molecule has 0 radical (unpaired) electrons. The van der Waals surface area contributed by atoms with E-state index in [1.165, 1.54) is 11.1 Å². The smallest absolute Gasteiger partial charge is 0.338 e. The first-order valence-corrected chi connectivity index (χ1v) is 11.5. The summed E-state index contributed by atoms with van der Waals surface area (Å²) in [7, 11) is 0. The van der Waals surface area contributed by atoms with Crippen LogP contribution < -0.4 is 5.32 Å². The number of cyclic esters (lactones) is 1. The molecule has 0 amide bonds. The maximum atomic E-state index is 11.9. The highest BCUT2D eigenvalue weighted by Gasteiger charge is 2.57. The van der Waals surface area contributed by atoms with E-state index in [1.807, 2.05) is 18.2 Å². The minimum atomic E-state index is -0.322. The van der Waals surface area contributed by atoms with E-state index in [4.69, 9.17) is 4.74 Å². The molecule has 2 saturated carbocycles. The zero-order valence-corrected chi connectivity index (χ0v) is 18.8. The van der Waals surface area contributed by atoms with Crippen molar-refractivity contribution in [1.29, 1.82) is 0 Å². The fraction of sp³-hybridized carbons (Fsp3) is 0.519. The molecule has 0 unspecified atom stereocenters. The summed E-state index contributed by atoms with van der Waals surface area (Å²) in [4.78, 5) is 11.9. The van der Waals surface area contributed by atoms with Crippen molar-refractivity contribution in [3.8, 4) is 0 Å². The normalized spacial score (nSPS) is 35.7. The van der Waals surface area contributed by atoms with Gasteiger partial charge in [-0.15, -0.1) is 0 Å². The van der Waals surface area contributed by atoms with Gasteiger partial charge in [-0.3, -0.25) is 0 Å². The highest BCUT2D eigenvalue weighted by atomic mass is 16.5. The zero-order valence-electron chi connectivity index (χ0n) is 18.8. The second kappa shape index (κ2) is 8.76. The van der Waals surface area contributed by atoms with E-state index in [1.54, 1.807) is 0 Å². The summed E-state index contributed by atoms with van der Waals surface area (Å²) >= 11 is 0. The van der Waals surface area contributed by atoms with Crippen LogP contribution in [0.2, 0.25) is 0 Å². The molecule has 0 spiro atoms. The van der Waals surface area contributed by atoms with E-state index in [-0.39, 0.29) is 28.8 Å². The summed E-state index contributed by atoms with van der Waals surface area (Å²) in [5, 5.41) is 14.7. The number of esters is 1. The van der Waals surface area contributed by atoms with Gasteiger partial charge >= 0.3 is 5.97 Å². The lowest BCUT2D eigenvalue weighted by atomic mass is 9.46. The Morgan fingerprint density at radius 1 is 1.26 bits per heavy atom. The molecule has 166 valence electrons. The number of carbonyl (C=O) groups is 1. The number of hydrogen-bond acceptors (Lipinski definition) is 4. The van der Waals surface area contributed by atoms with Crippen LogP contribution in [0.25, 0.3) is 0 Å². The summed E-state index contributed by atoms with van der Waals surface area (Å²) in [6, 6.07) is 10.4. The summed E-state index contributed by atoms with van der Waals surface area (Å²) < 4.78 is 5.05. The number of aliphatic hydroxyl groups excluding tert-OH is 1. The molecule has 0 aromatic heterocycles. The molecule has 3 aliphatic rings. The van der Waals surface area contributed by atoms with Crippen LogP contribution in [0.4, 0.5) is 0 Å². The molecule has 2 aliphatic carbocycles. The molecule has 5 atom stereocenters. The number of benzene rings is 1. The van der Waals surface area contributed by atoms with E-state index in [2.05, 4.69) is 56.1 Å². The fourth-order valence-corrected chi connectivity index (χ4v) is 6.30. The third kappa shape index (κ3) is 4.16. The molecular formula is C27H35NO3. The molecule has 1 aliphatic heterocycles. The average molecular weight is 422 g/mol. The number of ether oxygens (including phenoxy) is 1. The second-order valence-electron chi connectivity index (χ2n) is 10.00. The molecule has 4 rings (SSSR count). The Kier molecular flexibility index (Phi) is 6.23. The third-order valence-electron chi connectivity index (χ3n) is 8.11. The summed E-state index contributed by atoms with van der Waals surface area (Å²) in [5.41, 5.74) is 2.94. The average Bonchev–Trinajstić information content (AvgIpc) is 3.16. The van der Waals surface area contributed by atoms with Crippen LogP contribution in [0.5, 0.6) is 0 Å². The number of hydrogen-bond donors (Lipinski definition) is 2. The number of nitrogens with one attached hydrogen (secondary N) is 1. The largest absolute Gasteiger partial charge is 0.458 e. The van der Waals surface area contributed by atoms with E-state index >= 15 is 0 Å². The minimum absolute atomic E-state index is 0.0112. The SMILES string of the molecule is C=C1CC[C@@H]2[C@](C)(CNCc3ccccc3)[C@H](O)CC[C@@]2(C)[C@@H]1/C=C/C1=CCOC1=O. The summed E-state index contributed by atoms with van der Waals surface area (Å²) in [5.74, 6) is 0.326. The van der Waals surface area contributed by atoms with Crippen molar-refractivity contribution in [2.75, 3.05) is 13.2 Å². The lowest BCUT2D eigenvalue weighted by Crippen LogP contribution is -2.58. The zero-order chi connectivity index (χ0) is 22.1. The van der Waals surface area contributed by atoms with Crippen LogP contribution in [-0.2, 0) is 16.1 Å². The van der Waals surface area contributed by atoms with Crippen LogP contribution in [0, 0.1) is 22.7 Å². The molecular weight excluding hydrogens is 386 g/mol. The van der Waals surface area contributed by atoms with Crippen LogP contribution in [0.15, 0.2) is 66.3 Å². The minimum Gasteiger partial charge on any atom is -0.458 e. The molecule has 0 bridgehead atoms. The number of aliphatic hydroxyl groups is 1. The van der Waals surface area contributed by atoms with Crippen molar-refractivity contribution >= 4 is 5.97 Å². The first kappa shape index (κ1) is 22.0. The van der Waals surface area contributed by atoms with Gasteiger partial charge in [0.1, 0.15) is 6.61 Å². The predicted octanol–water partition coefficient (Wildman–Crippen LogP) is 4.57. The van der Waals surface area contributed by atoms with Gasteiger partial charge in [0.2, 0.25) is 0 Å². The topological polar surface area (TPSA) is 58.6 Å². The highest BCUT2D eigenvalue weighted by molar-refractivity contribution is 5.93. The Morgan fingerprint density at radius 3 is 2.74 bits per heavy atom. The molecule has 31 heavy (non-hydrogen) atoms. The van der Waals surface area contributed by atoms with Crippen molar-refractivity contribution in [1.82, 2.24) is 5.32 Å². The molecule has 2 fully saturated rings. The number of fused-ring (bicyclic) bond motifs is 1. The van der Waals surface area contributed by atoms with Crippen molar-refractivity contribution in [2.24, 2.45) is 22.7 Å². The number of allylic oxidation sites excluding steroid dienone is 2. The van der Waals surface area contributed by atoms with Gasteiger partial charge in [0.05, 0.1) is 11.7 Å². The summed E-state index contributed by atoms with van der Waals surface area (Å²) in [6.07, 6.45) is 9.37. The van der Waals surface area contributed by atoms with Gasteiger partial charge < -0.3 is 15.2 Å². The van der Waals surface area contributed by atoms with Gasteiger partial charge in [0.15, 0.2) is 0 Å². The molecule has 1 aromatic rings. The molecule has 0 saturated heterocycles. The second-order valence-corrected chi connectivity index (χ2v) is 10.00. The van der Waals surface area contributed by atoms with Crippen LogP contribution in [0.3, 0.4) is 0 Å². The molecule has 2 N–H and O–H groups in total. The Hall–Kier alpha value is -2.17. The molecule has 1 aromatic carbocycles. The first-order chi connectivity index (χ1) is 14.8. The third-order valence-corrected chi connectivity index (χ3v) is 8.11.